The number of aromatic nitrogens is 1. The Balaban J connectivity index is 1.59. The first-order valence-electron chi connectivity index (χ1n) is 9.10. The molecular weight excluding hydrogens is 370 g/mol. The summed E-state index contributed by atoms with van der Waals surface area (Å²) in [4.78, 5) is 26.6. The number of carbonyl (C=O) groups excluding carboxylic acids is 1. The molecule has 2 aromatic carbocycles. The van der Waals surface area contributed by atoms with E-state index in [9.17, 15) is 9.70 Å². The molecule has 1 heterocycles. The van der Waals surface area contributed by atoms with E-state index in [0.29, 0.717) is 16.9 Å². The molecule has 1 amide bonds. The number of anilines is 1. The van der Waals surface area contributed by atoms with Gasteiger partial charge in [-0.1, -0.05) is 18.2 Å². The topological polar surface area (TPSA) is 151 Å². The average molecular weight is 389 g/mol. The van der Waals surface area contributed by atoms with Crippen molar-refractivity contribution >= 4 is 39.9 Å². The van der Waals surface area contributed by atoms with Crippen molar-refractivity contribution in [3.8, 4) is 0 Å². The number of hydrogen-bond acceptors (Lipinski definition) is 5. The number of nitroso groups, excluding NO2 is 1. The normalized spacial score (nSPS) is 14.4. The lowest BCUT2D eigenvalue weighted by molar-refractivity contribution is 0.102. The number of aromatic amines is 1. The molecule has 0 fully saturated rings. The first-order chi connectivity index (χ1) is 14.0. The van der Waals surface area contributed by atoms with Gasteiger partial charge in [0.2, 0.25) is 5.96 Å². The number of amides is 1. The summed E-state index contributed by atoms with van der Waals surface area (Å²) in [6, 6.07) is 12.5. The zero-order valence-electron chi connectivity index (χ0n) is 15.5. The van der Waals surface area contributed by atoms with Gasteiger partial charge in [0.15, 0.2) is 0 Å². The number of fused-ring (bicyclic) bond motifs is 2. The number of aryl methyl sites for hydroxylation is 1. The predicted molar refractivity (Wildman–Crippen MR) is 113 cm³/mol. The molecule has 0 atom stereocenters. The lowest BCUT2D eigenvalue weighted by atomic mass is 9.90. The third-order valence-corrected chi connectivity index (χ3v) is 4.80. The van der Waals surface area contributed by atoms with Crippen LogP contribution in [0.4, 0.5) is 11.4 Å². The minimum Gasteiger partial charge on any atom is -0.369 e. The van der Waals surface area contributed by atoms with E-state index < -0.39 is 0 Å². The van der Waals surface area contributed by atoms with Crippen LogP contribution in [0.15, 0.2) is 57.8 Å². The van der Waals surface area contributed by atoms with Gasteiger partial charge in [0.05, 0.1) is 11.2 Å². The van der Waals surface area contributed by atoms with Gasteiger partial charge in [-0.3, -0.25) is 4.79 Å². The van der Waals surface area contributed by atoms with Gasteiger partial charge in [-0.05, 0) is 54.3 Å². The Kier molecular flexibility index (Phi) is 4.78. The van der Waals surface area contributed by atoms with E-state index in [2.05, 4.69) is 25.7 Å². The van der Waals surface area contributed by atoms with Crippen molar-refractivity contribution in [3.05, 3.63) is 64.2 Å². The molecule has 29 heavy (non-hydrogen) atoms. The van der Waals surface area contributed by atoms with Crippen LogP contribution in [0.25, 0.3) is 10.9 Å². The fourth-order valence-electron chi connectivity index (χ4n) is 3.50. The highest BCUT2D eigenvalue weighted by Gasteiger charge is 2.18. The number of nitrogens with one attached hydrogen (secondary N) is 2. The number of carbonyl (C=O) groups is 1. The molecule has 0 aliphatic heterocycles. The summed E-state index contributed by atoms with van der Waals surface area (Å²) in [5.41, 5.74) is 15.4. The molecule has 0 bridgehead atoms. The SMILES string of the molecule is NC(N)=N/N=C1\CCCc2cc(NC(=O)c3cc4cccc(N=O)c4[nH]3)ccc21. The van der Waals surface area contributed by atoms with Crippen LogP contribution in [0.2, 0.25) is 0 Å². The highest BCUT2D eigenvalue weighted by atomic mass is 16.3. The summed E-state index contributed by atoms with van der Waals surface area (Å²) >= 11 is 0. The molecule has 146 valence electrons. The largest absolute Gasteiger partial charge is 0.369 e. The molecule has 3 aromatic rings. The Morgan fingerprint density at radius 1 is 1.10 bits per heavy atom. The molecule has 0 saturated heterocycles. The Bertz CT molecular complexity index is 1170. The van der Waals surface area contributed by atoms with Gasteiger partial charge in [0, 0.05) is 16.6 Å². The maximum Gasteiger partial charge on any atom is 0.272 e. The van der Waals surface area contributed by atoms with Crippen molar-refractivity contribution in [1.29, 1.82) is 0 Å². The monoisotopic (exact) mass is 389 g/mol. The number of nitrogens with two attached hydrogens (primary N) is 2. The molecule has 6 N–H and O–H groups in total. The van der Waals surface area contributed by atoms with Gasteiger partial charge in [0.25, 0.3) is 5.91 Å². The predicted octanol–water partition coefficient (Wildman–Crippen LogP) is 3.13. The van der Waals surface area contributed by atoms with Gasteiger partial charge in [-0.15, -0.1) is 10.0 Å². The molecule has 9 heteroatoms. The molecule has 0 spiro atoms. The summed E-state index contributed by atoms with van der Waals surface area (Å²) in [5.74, 6) is -0.386. The molecule has 9 nitrogen and oxygen atoms in total. The summed E-state index contributed by atoms with van der Waals surface area (Å²) in [6.45, 7) is 0. The summed E-state index contributed by atoms with van der Waals surface area (Å²) in [5, 5.41) is 14.5. The average Bonchev–Trinajstić information content (AvgIpc) is 3.16. The number of benzene rings is 2. The van der Waals surface area contributed by atoms with Gasteiger partial charge >= 0.3 is 0 Å². The second-order valence-corrected chi connectivity index (χ2v) is 6.77. The van der Waals surface area contributed by atoms with Crippen LogP contribution in [0.1, 0.15) is 34.5 Å². The maximum absolute atomic E-state index is 12.7. The van der Waals surface area contributed by atoms with E-state index in [1.807, 2.05) is 24.3 Å². The van der Waals surface area contributed by atoms with Crippen LogP contribution < -0.4 is 16.8 Å². The molecule has 0 saturated carbocycles. The molecule has 0 radical (unpaired) electrons. The second-order valence-electron chi connectivity index (χ2n) is 6.77. The Hall–Kier alpha value is -4.01. The maximum atomic E-state index is 12.7. The number of para-hydroxylation sites is 1. The number of H-pyrrole nitrogens is 1. The summed E-state index contributed by atoms with van der Waals surface area (Å²) < 4.78 is 0. The molecular formula is C20H19N7O2. The van der Waals surface area contributed by atoms with E-state index in [4.69, 9.17) is 11.5 Å². The second kappa shape index (κ2) is 7.55. The third kappa shape index (κ3) is 3.70. The minimum atomic E-state index is -0.303. The lowest BCUT2D eigenvalue weighted by Gasteiger charge is -2.18. The van der Waals surface area contributed by atoms with Crippen LogP contribution in [0, 0.1) is 4.91 Å². The van der Waals surface area contributed by atoms with Crippen LogP contribution in [-0.4, -0.2) is 22.6 Å². The van der Waals surface area contributed by atoms with E-state index in [-0.39, 0.29) is 17.6 Å². The zero-order valence-corrected chi connectivity index (χ0v) is 15.5. The fourth-order valence-corrected chi connectivity index (χ4v) is 3.50. The highest BCUT2D eigenvalue weighted by Crippen LogP contribution is 2.27. The molecule has 0 unspecified atom stereocenters. The molecule has 1 aliphatic rings. The summed E-state index contributed by atoms with van der Waals surface area (Å²) in [6.07, 6.45) is 2.59. The quantitative estimate of drug-likeness (QED) is 0.234. The lowest BCUT2D eigenvalue weighted by Crippen LogP contribution is -2.22. The van der Waals surface area contributed by atoms with Crippen molar-refractivity contribution in [2.45, 2.75) is 19.3 Å². The highest BCUT2D eigenvalue weighted by molar-refractivity contribution is 6.08. The van der Waals surface area contributed by atoms with Crippen LogP contribution in [-0.2, 0) is 6.42 Å². The van der Waals surface area contributed by atoms with E-state index >= 15 is 0 Å². The Labute approximate surface area is 165 Å². The molecule has 4 rings (SSSR count). The van der Waals surface area contributed by atoms with Crippen LogP contribution in [0.5, 0.6) is 0 Å². The van der Waals surface area contributed by atoms with Crippen LogP contribution >= 0.6 is 0 Å². The van der Waals surface area contributed by atoms with Crippen molar-refractivity contribution in [2.75, 3.05) is 5.32 Å². The fraction of sp³-hybridized carbons (Fsp3) is 0.150. The van der Waals surface area contributed by atoms with Crippen LogP contribution in [0.3, 0.4) is 0 Å². The first kappa shape index (κ1) is 18.4. The Morgan fingerprint density at radius 2 is 1.97 bits per heavy atom. The number of guanidine groups is 1. The summed E-state index contributed by atoms with van der Waals surface area (Å²) in [7, 11) is 0. The van der Waals surface area contributed by atoms with Gasteiger partial charge in [-0.25, -0.2) is 0 Å². The number of nitrogens with zero attached hydrogens (tertiary/aromatic N) is 3. The first-order valence-corrected chi connectivity index (χ1v) is 9.10. The number of hydrogen-bond donors (Lipinski definition) is 4. The van der Waals surface area contributed by atoms with Gasteiger partial charge in [0.1, 0.15) is 11.4 Å². The minimum absolute atomic E-state index is 0.0835. The standard InChI is InChI=1S/C20H19N7O2/c21-20(22)26-25-15-5-1-3-11-9-13(7-8-14(11)15)23-19(28)17-10-12-4-2-6-16(27-29)18(12)24-17/h2,4,6-10,24H,1,3,5H2,(H,23,28)(H4,21,22,26)/b25-15+. The van der Waals surface area contributed by atoms with Gasteiger partial charge in [-0.2, -0.15) is 5.10 Å². The van der Waals surface area contributed by atoms with Crippen molar-refractivity contribution in [2.24, 2.45) is 26.8 Å². The van der Waals surface area contributed by atoms with E-state index in [1.165, 1.54) is 0 Å². The zero-order chi connectivity index (χ0) is 20.4. The third-order valence-electron chi connectivity index (χ3n) is 4.80. The molecule has 1 aliphatic carbocycles. The smallest absolute Gasteiger partial charge is 0.272 e. The molecule has 1 aromatic heterocycles. The van der Waals surface area contributed by atoms with Gasteiger partial charge < -0.3 is 21.8 Å². The number of rotatable bonds is 4. The van der Waals surface area contributed by atoms with E-state index in [0.717, 1.165) is 41.5 Å². The van der Waals surface area contributed by atoms with E-state index in [1.54, 1.807) is 18.2 Å². The van der Waals surface area contributed by atoms with Crippen molar-refractivity contribution in [3.63, 3.8) is 0 Å². The Morgan fingerprint density at radius 3 is 2.76 bits per heavy atom. The van der Waals surface area contributed by atoms with Crippen molar-refractivity contribution in [1.82, 2.24) is 4.98 Å². The van der Waals surface area contributed by atoms with Crippen molar-refractivity contribution < 1.29 is 4.79 Å².